The number of fused-ring (bicyclic) bond motifs is 2. The van der Waals surface area contributed by atoms with E-state index in [1.165, 1.54) is 25.0 Å². The van der Waals surface area contributed by atoms with Gasteiger partial charge in [-0.15, -0.1) is 0 Å². The Bertz CT molecular complexity index is 1770. The molecule has 1 amide bonds. The van der Waals surface area contributed by atoms with E-state index in [0.29, 0.717) is 40.2 Å². The van der Waals surface area contributed by atoms with E-state index in [2.05, 4.69) is 4.90 Å². The number of carbonyl (C=O) groups is 2. The first-order valence-electron chi connectivity index (χ1n) is 15.3. The number of benzene rings is 3. The number of Topliss-reactive ketones (excluding diaryl/α,β-unsaturated/α-hetero) is 1. The number of halogens is 3. The van der Waals surface area contributed by atoms with Crippen molar-refractivity contribution in [2.75, 3.05) is 33.0 Å². The van der Waals surface area contributed by atoms with Crippen LogP contribution in [0, 0.1) is 0 Å². The van der Waals surface area contributed by atoms with E-state index in [4.69, 9.17) is 14.5 Å². The molecule has 1 atom stereocenters. The maximum atomic E-state index is 14.3. The summed E-state index contributed by atoms with van der Waals surface area (Å²) in [6.45, 7) is 3.76. The summed E-state index contributed by atoms with van der Waals surface area (Å²) < 4.78 is 50.2. The Balaban J connectivity index is 1.24. The zero-order valence-electron chi connectivity index (χ0n) is 24.6. The fraction of sp³-hybridized carbons (Fsp3) is 0.343. The second kappa shape index (κ2) is 11.8. The van der Waals surface area contributed by atoms with Gasteiger partial charge in [-0.1, -0.05) is 24.3 Å². The SMILES string of the molecule is O=C(Cc1cc(C(=O)N2CCC[C@H]2CN2CCCC2)c2cc(-c3ccc4c(c3)OCO4)ccc2n1)c1ccc(C(F)(F)F)cc1. The van der Waals surface area contributed by atoms with Crippen molar-refractivity contribution in [1.29, 1.82) is 0 Å². The molecule has 0 aliphatic carbocycles. The zero-order chi connectivity index (χ0) is 31.1. The van der Waals surface area contributed by atoms with Crippen molar-refractivity contribution in [1.82, 2.24) is 14.8 Å². The quantitative estimate of drug-likeness (QED) is 0.214. The summed E-state index contributed by atoms with van der Waals surface area (Å²) in [5.74, 6) is 0.854. The molecule has 0 bridgehead atoms. The molecule has 232 valence electrons. The lowest BCUT2D eigenvalue weighted by atomic mass is 9.97. The molecule has 4 aromatic rings. The maximum absolute atomic E-state index is 14.3. The van der Waals surface area contributed by atoms with Crippen LogP contribution in [0.3, 0.4) is 0 Å². The van der Waals surface area contributed by atoms with E-state index in [-0.39, 0.29) is 36.5 Å². The number of amides is 1. The summed E-state index contributed by atoms with van der Waals surface area (Å²) in [5.41, 5.74) is 2.53. The van der Waals surface area contributed by atoms with Gasteiger partial charge < -0.3 is 19.3 Å². The molecule has 7 rings (SSSR count). The smallest absolute Gasteiger partial charge is 0.416 e. The number of ketones is 1. The van der Waals surface area contributed by atoms with Crippen molar-refractivity contribution in [3.63, 3.8) is 0 Å². The maximum Gasteiger partial charge on any atom is 0.416 e. The first-order valence-corrected chi connectivity index (χ1v) is 15.3. The van der Waals surface area contributed by atoms with Crippen molar-refractivity contribution < 1.29 is 32.2 Å². The average molecular weight is 616 g/mol. The van der Waals surface area contributed by atoms with Crippen LogP contribution in [0.15, 0.2) is 66.7 Å². The van der Waals surface area contributed by atoms with Crippen molar-refractivity contribution in [2.24, 2.45) is 0 Å². The number of likely N-dealkylation sites (tertiary alicyclic amines) is 2. The molecule has 7 nitrogen and oxygen atoms in total. The number of hydrogen-bond acceptors (Lipinski definition) is 6. The fourth-order valence-corrected chi connectivity index (χ4v) is 6.63. The van der Waals surface area contributed by atoms with Gasteiger partial charge >= 0.3 is 6.18 Å². The molecule has 3 aliphatic heterocycles. The lowest BCUT2D eigenvalue weighted by Gasteiger charge is -2.29. The number of rotatable bonds is 7. The van der Waals surface area contributed by atoms with Crippen molar-refractivity contribution in [3.05, 3.63) is 89.1 Å². The van der Waals surface area contributed by atoms with Gasteiger partial charge in [0.05, 0.1) is 23.1 Å². The van der Waals surface area contributed by atoms with Gasteiger partial charge in [-0.05, 0) is 92.4 Å². The van der Waals surface area contributed by atoms with E-state index >= 15 is 0 Å². The lowest BCUT2D eigenvalue weighted by molar-refractivity contribution is -0.137. The van der Waals surface area contributed by atoms with Gasteiger partial charge in [0.15, 0.2) is 17.3 Å². The molecule has 0 N–H and O–H groups in total. The van der Waals surface area contributed by atoms with E-state index in [0.717, 1.165) is 55.7 Å². The van der Waals surface area contributed by atoms with E-state index in [1.54, 1.807) is 6.07 Å². The van der Waals surface area contributed by atoms with Gasteiger partial charge in [-0.2, -0.15) is 13.2 Å². The third-order valence-electron chi connectivity index (χ3n) is 8.98. The topological polar surface area (TPSA) is 72.0 Å². The first kappa shape index (κ1) is 29.3. The minimum absolute atomic E-state index is 0.102. The van der Waals surface area contributed by atoms with E-state index < -0.39 is 11.7 Å². The van der Waals surface area contributed by atoms with Crippen LogP contribution in [0.1, 0.15) is 57.7 Å². The second-order valence-electron chi connectivity index (χ2n) is 11.9. The molecular weight excluding hydrogens is 583 g/mol. The summed E-state index contributed by atoms with van der Waals surface area (Å²) in [5, 5.41) is 0.674. The monoisotopic (exact) mass is 615 g/mol. The standard InChI is InChI=1S/C35H32F3N3O4/c36-35(37,38)25-9-5-22(6-10-25)31(42)19-26-18-29(34(43)41-15-3-4-27(41)20-40-13-1-2-14-40)28-16-23(7-11-30(28)39-26)24-8-12-32-33(17-24)45-21-44-32/h5-12,16-18,27H,1-4,13-15,19-21H2/t27-/m0/s1. The van der Waals surface area contributed by atoms with Crippen LogP contribution in [-0.4, -0.2) is 65.5 Å². The Hall–Kier alpha value is -4.44. The fourth-order valence-electron chi connectivity index (χ4n) is 6.63. The number of ether oxygens (including phenoxy) is 2. The Morgan fingerprint density at radius 2 is 1.58 bits per heavy atom. The van der Waals surface area contributed by atoms with Crippen molar-refractivity contribution in [2.45, 2.75) is 44.3 Å². The zero-order valence-corrected chi connectivity index (χ0v) is 24.6. The molecule has 2 saturated heterocycles. The minimum atomic E-state index is -4.49. The number of pyridine rings is 1. The summed E-state index contributed by atoms with van der Waals surface area (Å²) >= 11 is 0. The molecule has 2 fully saturated rings. The summed E-state index contributed by atoms with van der Waals surface area (Å²) in [6.07, 6.45) is -0.424. The molecule has 0 spiro atoms. The highest BCUT2D eigenvalue weighted by Gasteiger charge is 2.33. The van der Waals surface area contributed by atoms with E-state index in [1.807, 2.05) is 41.3 Å². The normalized spacial score (nSPS) is 18.2. The average Bonchev–Trinajstić information content (AvgIpc) is 3.82. The van der Waals surface area contributed by atoms with Gasteiger partial charge in [0.25, 0.3) is 5.91 Å². The Kier molecular flexibility index (Phi) is 7.69. The first-order chi connectivity index (χ1) is 21.7. The largest absolute Gasteiger partial charge is 0.454 e. The highest BCUT2D eigenvalue weighted by molar-refractivity contribution is 6.08. The van der Waals surface area contributed by atoms with Crippen LogP contribution in [0.5, 0.6) is 11.5 Å². The van der Waals surface area contributed by atoms with Crippen molar-refractivity contribution >= 4 is 22.6 Å². The second-order valence-corrected chi connectivity index (χ2v) is 11.9. The molecule has 0 unspecified atom stereocenters. The molecule has 0 radical (unpaired) electrons. The summed E-state index contributed by atoms with van der Waals surface area (Å²) in [7, 11) is 0. The van der Waals surface area contributed by atoms with Crippen LogP contribution in [0.4, 0.5) is 13.2 Å². The number of nitrogens with zero attached hydrogens (tertiary/aromatic N) is 3. The van der Waals surface area contributed by atoms with Gasteiger partial charge in [0.1, 0.15) is 0 Å². The Morgan fingerprint density at radius 1 is 0.844 bits per heavy atom. The van der Waals surface area contributed by atoms with Gasteiger partial charge in [-0.25, -0.2) is 0 Å². The minimum Gasteiger partial charge on any atom is -0.454 e. The van der Waals surface area contributed by atoms with E-state index in [9.17, 15) is 22.8 Å². The number of hydrogen-bond donors (Lipinski definition) is 0. The molecule has 45 heavy (non-hydrogen) atoms. The molecular formula is C35H32F3N3O4. The number of carbonyl (C=O) groups excluding carboxylic acids is 2. The highest BCUT2D eigenvalue weighted by atomic mass is 19.4. The molecule has 4 heterocycles. The predicted molar refractivity (Wildman–Crippen MR) is 163 cm³/mol. The third kappa shape index (κ3) is 5.99. The van der Waals surface area contributed by atoms with Crippen LogP contribution in [0.2, 0.25) is 0 Å². The van der Waals surface area contributed by atoms with Crippen LogP contribution >= 0.6 is 0 Å². The molecule has 3 aliphatic rings. The number of alkyl halides is 3. The molecule has 1 aromatic heterocycles. The third-order valence-corrected chi connectivity index (χ3v) is 8.98. The lowest BCUT2D eigenvalue weighted by Crippen LogP contribution is -2.42. The summed E-state index contributed by atoms with van der Waals surface area (Å²) in [4.78, 5) is 36.6. The number of aromatic nitrogens is 1. The highest BCUT2D eigenvalue weighted by Crippen LogP contribution is 2.37. The summed E-state index contributed by atoms with van der Waals surface area (Å²) in [6, 6.07) is 17.4. The van der Waals surface area contributed by atoms with Gasteiger partial charge in [-0.3, -0.25) is 14.6 Å². The van der Waals surface area contributed by atoms with Gasteiger partial charge in [0, 0.05) is 35.8 Å². The molecule has 0 saturated carbocycles. The van der Waals surface area contributed by atoms with Crippen molar-refractivity contribution in [3.8, 4) is 22.6 Å². The predicted octanol–water partition coefficient (Wildman–Crippen LogP) is 6.78. The van der Waals surface area contributed by atoms with Crippen LogP contribution in [-0.2, 0) is 12.6 Å². The van der Waals surface area contributed by atoms with Gasteiger partial charge in [0.2, 0.25) is 6.79 Å². The van der Waals surface area contributed by atoms with Crippen LogP contribution in [0.25, 0.3) is 22.0 Å². The molecule has 10 heteroatoms. The molecule has 3 aromatic carbocycles. The Labute approximate surface area is 258 Å². The Morgan fingerprint density at radius 3 is 2.36 bits per heavy atom. The van der Waals surface area contributed by atoms with Crippen LogP contribution < -0.4 is 9.47 Å².